The lowest BCUT2D eigenvalue weighted by Gasteiger charge is -2.09. The van der Waals surface area contributed by atoms with Crippen LogP contribution in [0.3, 0.4) is 0 Å². The van der Waals surface area contributed by atoms with Gasteiger partial charge in [0.15, 0.2) is 0 Å². The van der Waals surface area contributed by atoms with E-state index in [2.05, 4.69) is 11.3 Å². The monoisotopic (exact) mass is 264 g/mol. The van der Waals surface area contributed by atoms with Crippen LogP contribution in [-0.2, 0) is 16.1 Å². The van der Waals surface area contributed by atoms with Crippen LogP contribution in [0.1, 0.15) is 5.56 Å². The molecule has 1 rings (SSSR count). The first kappa shape index (κ1) is 13.6. The van der Waals surface area contributed by atoms with E-state index in [4.69, 9.17) is 11.6 Å². The van der Waals surface area contributed by atoms with Crippen LogP contribution in [-0.4, -0.2) is 12.1 Å². The summed E-state index contributed by atoms with van der Waals surface area (Å²) in [7, 11) is 0. The Balaban J connectivity index is 2.54. The fraction of sp³-hybridized carbons (Fsp3) is 0.182. The quantitative estimate of drug-likeness (QED) is 0.617. The lowest BCUT2D eigenvalue weighted by Crippen LogP contribution is -2.20. The Hall–Kier alpha value is -1.49. The number of ether oxygens (including phenoxy) is 1. The number of halogens is 4. The van der Waals surface area contributed by atoms with Crippen LogP contribution in [0.25, 0.3) is 0 Å². The Morgan fingerprint density at radius 1 is 1.29 bits per heavy atom. The molecule has 0 aromatic heterocycles. The fourth-order valence-corrected chi connectivity index (χ4v) is 1.06. The molecule has 0 aliphatic carbocycles. The molecule has 0 unspecified atom stereocenters. The number of hydrogen-bond donors (Lipinski definition) is 0. The van der Waals surface area contributed by atoms with Gasteiger partial charge in [-0.3, -0.25) is 0 Å². The molecule has 0 heterocycles. The first-order valence-electron chi connectivity index (χ1n) is 4.48. The Morgan fingerprint density at radius 3 is 2.29 bits per heavy atom. The third-order valence-electron chi connectivity index (χ3n) is 1.87. The van der Waals surface area contributed by atoms with Gasteiger partial charge < -0.3 is 4.74 Å². The maximum absolute atomic E-state index is 12.1. The van der Waals surface area contributed by atoms with Crippen LogP contribution < -0.4 is 0 Å². The van der Waals surface area contributed by atoms with Crippen molar-refractivity contribution in [2.24, 2.45) is 0 Å². The first-order valence-corrected chi connectivity index (χ1v) is 4.86. The Labute approximate surface area is 101 Å². The van der Waals surface area contributed by atoms with Gasteiger partial charge in [-0.1, -0.05) is 30.3 Å². The van der Waals surface area contributed by atoms with Gasteiger partial charge in [0.25, 0.3) is 0 Å². The number of hydrogen-bond acceptors (Lipinski definition) is 2. The molecule has 0 fully saturated rings. The molecule has 0 saturated carbocycles. The second-order valence-corrected chi connectivity index (χ2v) is 3.62. The molecule has 0 amide bonds. The SMILES string of the molecule is C=C(C(=O)OCc1ccc(Cl)cc1)C(F)(F)F. The van der Waals surface area contributed by atoms with E-state index in [0.717, 1.165) is 0 Å². The summed E-state index contributed by atoms with van der Waals surface area (Å²) in [5.74, 6) is -1.48. The molecule has 0 bridgehead atoms. The third-order valence-corrected chi connectivity index (χ3v) is 2.12. The van der Waals surface area contributed by atoms with E-state index in [0.29, 0.717) is 10.6 Å². The molecule has 2 nitrogen and oxygen atoms in total. The van der Waals surface area contributed by atoms with E-state index in [1.165, 1.54) is 0 Å². The van der Waals surface area contributed by atoms with Gasteiger partial charge in [-0.2, -0.15) is 13.2 Å². The highest BCUT2D eigenvalue weighted by Gasteiger charge is 2.37. The molecule has 0 radical (unpaired) electrons. The van der Waals surface area contributed by atoms with E-state index in [1.807, 2.05) is 0 Å². The molecule has 0 aliphatic heterocycles. The number of benzene rings is 1. The van der Waals surface area contributed by atoms with Gasteiger partial charge in [0.2, 0.25) is 0 Å². The summed E-state index contributed by atoms with van der Waals surface area (Å²) >= 11 is 5.61. The number of carbonyl (C=O) groups is 1. The summed E-state index contributed by atoms with van der Waals surface area (Å²) in [6, 6.07) is 6.19. The van der Waals surface area contributed by atoms with Gasteiger partial charge in [0, 0.05) is 5.02 Å². The smallest absolute Gasteiger partial charge is 0.422 e. The normalized spacial score (nSPS) is 11.1. The van der Waals surface area contributed by atoms with Crippen LogP contribution in [0.15, 0.2) is 36.4 Å². The summed E-state index contributed by atoms with van der Waals surface area (Å²) < 4.78 is 40.6. The van der Waals surface area contributed by atoms with Crippen molar-refractivity contribution in [3.63, 3.8) is 0 Å². The van der Waals surface area contributed by atoms with Crippen molar-refractivity contribution in [2.45, 2.75) is 12.8 Å². The largest absolute Gasteiger partial charge is 0.457 e. The summed E-state index contributed by atoms with van der Waals surface area (Å²) in [5.41, 5.74) is -0.982. The highest BCUT2D eigenvalue weighted by Crippen LogP contribution is 2.25. The van der Waals surface area contributed by atoms with E-state index < -0.39 is 17.7 Å². The summed E-state index contributed by atoms with van der Waals surface area (Å²) in [6.07, 6.45) is -4.77. The summed E-state index contributed by atoms with van der Waals surface area (Å²) in [6.45, 7) is 2.37. The van der Waals surface area contributed by atoms with Crippen LogP contribution in [0.5, 0.6) is 0 Å². The molecule has 0 spiro atoms. The van der Waals surface area contributed by atoms with Gasteiger partial charge in [-0.05, 0) is 17.7 Å². The highest BCUT2D eigenvalue weighted by molar-refractivity contribution is 6.30. The first-order chi connectivity index (χ1) is 7.80. The zero-order chi connectivity index (χ0) is 13.1. The molecule has 0 atom stereocenters. The van der Waals surface area contributed by atoms with Gasteiger partial charge in [0.1, 0.15) is 12.2 Å². The molecule has 1 aromatic carbocycles. The summed E-state index contributed by atoms with van der Waals surface area (Å²) in [5, 5.41) is 0.486. The second kappa shape index (κ2) is 5.23. The third kappa shape index (κ3) is 4.11. The van der Waals surface area contributed by atoms with Crippen molar-refractivity contribution < 1.29 is 22.7 Å². The molecule has 1 aromatic rings. The fourth-order valence-electron chi connectivity index (χ4n) is 0.932. The van der Waals surface area contributed by atoms with Crippen LogP contribution >= 0.6 is 11.6 Å². The van der Waals surface area contributed by atoms with Crippen molar-refractivity contribution in [1.82, 2.24) is 0 Å². The zero-order valence-electron chi connectivity index (χ0n) is 8.55. The maximum atomic E-state index is 12.1. The highest BCUT2D eigenvalue weighted by atomic mass is 35.5. The van der Waals surface area contributed by atoms with Crippen LogP contribution in [0, 0.1) is 0 Å². The van der Waals surface area contributed by atoms with Crippen LogP contribution in [0.4, 0.5) is 13.2 Å². The van der Waals surface area contributed by atoms with Crippen molar-refractivity contribution >= 4 is 17.6 Å². The minimum atomic E-state index is -4.77. The maximum Gasteiger partial charge on any atom is 0.422 e. The zero-order valence-corrected chi connectivity index (χ0v) is 9.31. The lowest BCUT2D eigenvalue weighted by atomic mass is 10.2. The van der Waals surface area contributed by atoms with Crippen molar-refractivity contribution in [1.29, 1.82) is 0 Å². The molecule has 0 saturated heterocycles. The number of alkyl halides is 3. The van der Waals surface area contributed by atoms with E-state index in [9.17, 15) is 18.0 Å². The predicted molar refractivity (Wildman–Crippen MR) is 56.4 cm³/mol. The average Bonchev–Trinajstić information content (AvgIpc) is 2.25. The van der Waals surface area contributed by atoms with Gasteiger partial charge >= 0.3 is 12.1 Å². The molecular formula is C11H8ClF3O2. The molecule has 6 heteroatoms. The topological polar surface area (TPSA) is 26.3 Å². The lowest BCUT2D eigenvalue weighted by molar-refractivity contribution is -0.151. The molecular weight excluding hydrogens is 257 g/mol. The molecule has 0 N–H and O–H groups in total. The molecule has 0 aliphatic rings. The van der Waals surface area contributed by atoms with Gasteiger partial charge in [-0.15, -0.1) is 0 Å². The van der Waals surface area contributed by atoms with Gasteiger partial charge in [0.05, 0.1) is 0 Å². The predicted octanol–water partition coefficient (Wildman–Crippen LogP) is 3.50. The van der Waals surface area contributed by atoms with Gasteiger partial charge in [-0.25, -0.2) is 4.79 Å². The Kier molecular flexibility index (Phi) is 4.17. The minimum absolute atomic E-state index is 0.259. The Bertz CT molecular complexity index is 423. The number of esters is 1. The van der Waals surface area contributed by atoms with Crippen molar-refractivity contribution in [3.8, 4) is 0 Å². The standard InChI is InChI=1S/C11H8ClF3O2/c1-7(11(13,14)15)10(16)17-6-8-2-4-9(12)5-3-8/h2-5H,1,6H2. The average molecular weight is 265 g/mol. The van der Waals surface area contributed by atoms with E-state index >= 15 is 0 Å². The van der Waals surface area contributed by atoms with E-state index in [1.54, 1.807) is 24.3 Å². The minimum Gasteiger partial charge on any atom is -0.457 e. The van der Waals surface area contributed by atoms with E-state index in [-0.39, 0.29) is 6.61 Å². The van der Waals surface area contributed by atoms with Crippen molar-refractivity contribution in [3.05, 3.63) is 47.0 Å². The van der Waals surface area contributed by atoms with Crippen molar-refractivity contribution in [2.75, 3.05) is 0 Å². The molecule has 17 heavy (non-hydrogen) atoms. The Morgan fingerprint density at radius 2 is 1.82 bits per heavy atom. The summed E-state index contributed by atoms with van der Waals surface area (Å²) in [4.78, 5) is 11.0. The number of rotatable bonds is 3. The van der Waals surface area contributed by atoms with Crippen LogP contribution in [0.2, 0.25) is 5.02 Å². The molecule has 92 valence electrons. The second-order valence-electron chi connectivity index (χ2n) is 3.18. The number of carbonyl (C=O) groups excluding carboxylic acids is 1.